The van der Waals surface area contributed by atoms with Crippen LogP contribution in [0.5, 0.6) is 0 Å². The van der Waals surface area contributed by atoms with E-state index in [-0.39, 0.29) is 0 Å². The minimum Gasteiger partial charge on any atom is -0.465 e. The molecule has 7 heteroatoms. The van der Waals surface area contributed by atoms with Gasteiger partial charge in [-0.25, -0.2) is 9.78 Å². The number of benzene rings is 2. The Bertz CT molecular complexity index is 991. The molecule has 2 N–H and O–H groups in total. The molecule has 0 saturated heterocycles. The molecule has 27 heavy (non-hydrogen) atoms. The molecule has 0 radical (unpaired) electrons. The molecular weight excluding hydrogens is 364 g/mol. The fraction of sp³-hybridized carbons (Fsp3) is 0.150. The van der Waals surface area contributed by atoms with E-state index >= 15 is 0 Å². The molecule has 0 fully saturated rings. The van der Waals surface area contributed by atoms with Crippen LogP contribution in [0.1, 0.15) is 21.6 Å². The van der Waals surface area contributed by atoms with Gasteiger partial charge in [-0.1, -0.05) is 23.7 Å². The first-order chi connectivity index (χ1) is 13.0. The van der Waals surface area contributed by atoms with Crippen molar-refractivity contribution in [1.29, 1.82) is 0 Å². The number of nitrogens with zero attached hydrogens (tertiary/aromatic N) is 2. The molecule has 0 amide bonds. The van der Waals surface area contributed by atoms with Gasteiger partial charge in [-0.05, 0) is 49.7 Å². The van der Waals surface area contributed by atoms with E-state index in [1.54, 1.807) is 18.2 Å². The molecule has 3 rings (SSSR count). The summed E-state index contributed by atoms with van der Waals surface area (Å²) in [6.07, 6.45) is 0. The van der Waals surface area contributed by atoms with E-state index in [1.807, 2.05) is 44.2 Å². The molecular formula is C20H19ClN4O2. The van der Waals surface area contributed by atoms with Gasteiger partial charge in [-0.3, -0.25) is 0 Å². The summed E-state index contributed by atoms with van der Waals surface area (Å²) in [5.74, 6) is 0.654. The van der Waals surface area contributed by atoms with Crippen molar-refractivity contribution in [1.82, 2.24) is 9.97 Å². The Morgan fingerprint density at radius 2 is 1.81 bits per heavy atom. The summed E-state index contributed by atoms with van der Waals surface area (Å²) >= 11 is 6.18. The Labute approximate surface area is 162 Å². The summed E-state index contributed by atoms with van der Waals surface area (Å²) in [6, 6.07) is 14.5. The highest BCUT2D eigenvalue weighted by Gasteiger charge is 2.09. The van der Waals surface area contributed by atoms with Gasteiger partial charge in [0.05, 0.1) is 12.7 Å². The third kappa shape index (κ3) is 4.54. The molecule has 0 aliphatic heterocycles. The Balaban J connectivity index is 1.85. The molecule has 138 valence electrons. The summed E-state index contributed by atoms with van der Waals surface area (Å²) in [4.78, 5) is 20.6. The van der Waals surface area contributed by atoms with Crippen molar-refractivity contribution in [3.05, 3.63) is 70.4 Å². The number of halogens is 1. The van der Waals surface area contributed by atoms with Crippen molar-refractivity contribution in [3.63, 3.8) is 0 Å². The predicted octanol–water partition coefficient (Wildman–Crippen LogP) is 5.02. The van der Waals surface area contributed by atoms with Gasteiger partial charge in [0.15, 0.2) is 0 Å². The lowest BCUT2D eigenvalue weighted by atomic mass is 10.2. The number of aromatic nitrogens is 2. The molecule has 0 spiro atoms. The molecule has 1 aromatic heterocycles. The van der Waals surface area contributed by atoms with E-state index in [0.29, 0.717) is 28.0 Å². The number of carbonyl (C=O) groups is 1. The topological polar surface area (TPSA) is 76.1 Å². The van der Waals surface area contributed by atoms with Crippen molar-refractivity contribution in [2.24, 2.45) is 0 Å². The van der Waals surface area contributed by atoms with Crippen LogP contribution in [0.15, 0.2) is 48.5 Å². The molecule has 0 bridgehead atoms. The first kappa shape index (κ1) is 18.7. The Morgan fingerprint density at radius 3 is 2.59 bits per heavy atom. The number of anilines is 4. The first-order valence-electron chi connectivity index (χ1n) is 8.29. The fourth-order valence-electron chi connectivity index (χ4n) is 2.54. The maximum Gasteiger partial charge on any atom is 0.337 e. The maximum absolute atomic E-state index is 11.7. The van der Waals surface area contributed by atoms with Gasteiger partial charge in [-0.2, -0.15) is 4.98 Å². The Kier molecular flexibility index (Phi) is 5.57. The first-order valence-corrected chi connectivity index (χ1v) is 8.67. The molecule has 1 heterocycles. The number of methoxy groups -OCH3 is 1. The van der Waals surface area contributed by atoms with E-state index in [2.05, 4.69) is 20.6 Å². The maximum atomic E-state index is 11.7. The van der Waals surface area contributed by atoms with Crippen LogP contribution in [0.25, 0.3) is 0 Å². The summed E-state index contributed by atoms with van der Waals surface area (Å²) in [5, 5.41) is 7.07. The molecule has 2 aromatic carbocycles. The largest absolute Gasteiger partial charge is 0.465 e. The second kappa shape index (κ2) is 8.05. The standard InChI is InChI=1S/C20H19ClN4O2/c1-12-10-18(24-17-9-5-8-16(21)13(17)2)25-20(22-12)23-15-7-4-6-14(11-15)19(26)27-3/h4-11H,1-3H3,(H2,22,23,24,25). The Hall–Kier alpha value is -3.12. The lowest BCUT2D eigenvalue weighted by Crippen LogP contribution is -2.05. The van der Waals surface area contributed by atoms with Gasteiger partial charge >= 0.3 is 5.97 Å². The zero-order valence-electron chi connectivity index (χ0n) is 15.2. The monoisotopic (exact) mass is 382 g/mol. The van der Waals surface area contributed by atoms with Gasteiger partial charge in [0.25, 0.3) is 0 Å². The predicted molar refractivity (Wildman–Crippen MR) is 107 cm³/mol. The molecule has 0 aliphatic rings. The number of ether oxygens (including phenoxy) is 1. The van der Waals surface area contributed by atoms with E-state index in [1.165, 1.54) is 7.11 Å². The van der Waals surface area contributed by atoms with Crippen LogP contribution in [0, 0.1) is 13.8 Å². The van der Waals surface area contributed by atoms with Gasteiger partial charge < -0.3 is 15.4 Å². The summed E-state index contributed by atoms with van der Waals surface area (Å²) in [6.45, 7) is 3.82. The van der Waals surface area contributed by atoms with Crippen molar-refractivity contribution in [2.45, 2.75) is 13.8 Å². The van der Waals surface area contributed by atoms with Crippen LogP contribution >= 0.6 is 11.6 Å². The highest BCUT2D eigenvalue weighted by molar-refractivity contribution is 6.31. The third-order valence-corrected chi connectivity index (χ3v) is 4.33. The smallest absolute Gasteiger partial charge is 0.337 e. The number of hydrogen-bond acceptors (Lipinski definition) is 6. The number of rotatable bonds is 5. The van der Waals surface area contributed by atoms with Gasteiger partial charge in [0, 0.05) is 28.2 Å². The van der Waals surface area contributed by atoms with Gasteiger partial charge in [0.1, 0.15) is 5.82 Å². The number of hydrogen-bond donors (Lipinski definition) is 2. The molecule has 0 unspecified atom stereocenters. The fourth-order valence-corrected chi connectivity index (χ4v) is 2.71. The summed E-state index contributed by atoms with van der Waals surface area (Å²) in [5.41, 5.74) is 3.74. The lowest BCUT2D eigenvalue weighted by Gasteiger charge is -2.12. The number of carbonyl (C=O) groups excluding carboxylic acids is 1. The van der Waals surface area contributed by atoms with Crippen molar-refractivity contribution in [2.75, 3.05) is 17.7 Å². The van der Waals surface area contributed by atoms with E-state index in [0.717, 1.165) is 16.9 Å². The average molecular weight is 383 g/mol. The van der Waals surface area contributed by atoms with Crippen molar-refractivity contribution < 1.29 is 9.53 Å². The SMILES string of the molecule is COC(=O)c1cccc(Nc2nc(C)cc(Nc3cccc(Cl)c3C)n2)c1. The Morgan fingerprint density at radius 1 is 1.04 bits per heavy atom. The minimum absolute atomic E-state index is 0.400. The zero-order valence-corrected chi connectivity index (χ0v) is 16.0. The molecule has 0 saturated carbocycles. The van der Waals surface area contributed by atoms with Crippen LogP contribution in [0.4, 0.5) is 23.1 Å². The highest BCUT2D eigenvalue weighted by Crippen LogP contribution is 2.26. The molecule has 3 aromatic rings. The summed E-state index contributed by atoms with van der Waals surface area (Å²) in [7, 11) is 1.35. The highest BCUT2D eigenvalue weighted by atomic mass is 35.5. The molecule has 0 atom stereocenters. The molecule has 6 nitrogen and oxygen atoms in total. The van der Waals surface area contributed by atoms with E-state index < -0.39 is 5.97 Å². The average Bonchev–Trinajstić information content (AvgIpc) is 2.64. The number of esters is 1. The second-order valence-corrected chi connectivity index (χ2v) is 6.36. The number of nitrogens with one attached hydrogen (secondary N) is 2. The van der Waals surface area contributed by atoms with Crippen molar-refractivity contribution in [3.8, 4) is 0 Å². The van der Waals surface area contributed by atoms with Crippen LogP contribution < -0.4 is 10.6 Å². The number of aryl methyl sites for hydroxylation is 1. The van der Waals surface area contributed by atoms with Crippen LogP contribution in [-0.4, -0.2) is 23.0 Å². The van der Waals surface area contributed by atoms with Gasteiger partial charge in [0.2, 0.25) is 5.95 Å². The lowest BCUT2D eigenvalue weighted by molar-refractivity contribution is 0.0601. The van der Waals surface area contributed by atoms with Crippen LogP contribution in [0.2, 0.25) is 5.02 Å². The quantitative estimate of drug-likeness (QED) is 0.603. The van der Waals surface area contributed by atoms with Crippen LogP contribution in [-0.2, 0) is 4.74 Å². The zero-order chi connectivity index (χ0) is 19.4. The normalized spacial score (nSPS) is 10.4. The van der Waals surface area contributed by atoms with E-state index in [9.17, 15) is 4.79 Å². The van der Waals surface area contributed by atoms with Crippen molar-refractivity contribution >= 4 is 40.7 Å². The minimum atomic E-state index is -0.400. The molecule has 0 aliphatic carbocycles. The second-order valence-electron chi connectivity index (χ2n) is 5.95. The summed E-state index contributed by atoms with van der Waals surface area (Å²) < 4.78 is 4.75. The van der Waals surface area contributed by atoms with Gasteiger partial charge in [-0.15, -0.1) is 0 Å². The van der Waals surface area contributed by atoms with Crippen LogP contribution in [0.3, 0.4) is 0 Å². The van der Waals surface area contributed by atoms with E-state index in [4.69, 9.17) is 16.3 Å². The third-order valence-electron chi connectivity index (χ3n) is 3.92.